The first-order valence-corrected chi connectivity index (χ1v) is 8.15. The van der Waals surface area contributed by atoms with Crippen molar-refractivity contribution in [3.8, 4) is 12.1 Å². The Labute approximate surface area is 172 Å². The van der Waals surface area contributed by atoms with Crippen LogP contribution in [-0.2, 0) is 0 Å². The Morgan fingerprint density at radius 3 is 2.46 bits per heavy atom. The lowest BCUT2D eigenvalue weighted by atomic mass is 10.0. The third-order valence-corrected chi connectivity index (χ3v) is 3.70. The number of benzene rings is 2. The number of aromatic nitrogens is 2. The van der Waals surface area contributed by atoms with E-state index in [2.05, 4.69) is 20.6 Å². The number of rotatable bonds is 5. The Kier molecular flexibility index (Phi) is 3.72. The molecule has 0 aliphatic rings. The maximum atomic E-state index is 9.03. The predicted octanol–water partition coefficient (Wildman–Crippen LogP) is 4.99. The van der Waals surface area contributed by atoms with Gasteiger partial charge in [0.15, 0.2) is 0 Å². The molecule has 136 valence electrons. The van der Waals surface area contributed by atoms with Crippen molar-refractivity contribution in [3.63, 3.8) is 0 Å². The van der Waals surface area contributed by atoms with Gasteiger partial charge in [-0.25, -0.2) is 4.98 Å². The number of hydrogen-bond acceptors (Lipinski definition) is 6. The maximum Gasteiger partial charge on any atom is 0.229 e. The van der Waals surface area contributed by atoms with E-state index in [1.807, 2.05) is 0 Å². The fourth-order valence-corrected chi connectivity index (χ4v) is 2.51. The molecule has 0 atom stereocenters. The van der Waals surface area contributed by atoms with Gasteiger partial charge in [-0.2, -0.15) is 15.5 Å². The molecule has 0 spiro atoms. The van der Waals surface area contributed by atoms with E-state index >= 15 is 0 Å². The summed E-state index contributed by atoms with van der Waals surface area (Å²) >= 11 is 0. The van der Waals surface area contributed by atoms with Crippen LogP contribution in [0, 0.1) is 36.5 Å². The standard InChI is InChI=1S/C22H18N6/c1-15-12-18(4-3-10-23)13-16(2)21(15)27-20-9-11-25-22(28-20)26-19-7-5-17(14-24)6-8-19/h3-9,11-13H,1-2H3,(H2,25,26,27,28)/b4-3+/i3D,4D,5D,6D,9D,11D. The molecule has 0 aliphatic carbocycles. The first-order chi connectivity index (χ1) is 16.0. The highest BCUT2D eigenvalue weighted by atomic mass is 15.1. The summed E-state index contributed by atoms with van der Waals surface area (Å²) in [5.41, 5.74) is 2.56. The van der Waals surface area contributed by atoms with Gasteiger partial charge in [0.2, 0.25) is 5.95 Å². The Hall–Kier alpha value is -4.16. The summed E-state index contributed by atoms with van der Waals surface area (Å²) in [6.45, 7) is 3.52. The Bertz CT molecular complexity index is 1370. The van der Waals surface area contributed by atoms with Crippen LogP contribution in [0.3, 0.4) is 0 Å². The van der Waals surface area contributed by atoms with Crippen molar-refractivity contribution in [2.24, 2.45) is 0 Å². The van der Waals surface area contributed by atoms with Crippen molar-refractivity contribution in [2.75, 3.05) is 10.6 Å². The second-order valence-electron chi connectivity index (χ2n) is 5.75. The number of nitrogens with one attached hydrogen (secondary N) is 2. The fourth-order valence-electron chi connectivity index (χ4n) is 2.51. The lowest BCUT2D eigenvalue weighted by Crippen LogP contribution is -2.02. The molecule has 0 radical (unpaired) electrons. The van der Waals surface area contributed by atoms with E-state index in [1.54, 1.807) is 38.1 Å². The van der Waals surface area contributed by atoms with Gasteiger partial charge in [-0.05, 0) is 79.0 Å². The van der Waals surface area contributed by atoms with Gasteiger partial charge in [0.25, 0.3) is 0 Å². The topological polar surface area (TPSA) is 97.4 Å². The maximum absolute atomic E-state index is 9.03. The van der Waals surface area contributed by atoms with Crippen LogP contribution in [0.5, 0.6) is 0 Å². The third kappa shape index (κ3) is 4.51. The molecule has 3 rings (SSSR count). The highest BCUT2D eigenvalue weighted by molar-refractivity contribution is 5.69. The van der Waals surface area contributed by atoms with Gasteiger partial charge in [-0.1, -0.05) is 0 Å². The van der Waals surface area contributed by atoms with Gasteiger partial charge in [0.05, 0.1) is 25.9 Å². The van der Waals surface area contributed by atoms with E-state index in [1.165, 1.54) is 12.1 Å². The molecule has 2 aromatic carbocycles. The SMILES string of the molecule is [2H]/C(C#N)=C(/[2H])c1cc(C)c(Nc2nc(Nc3cc([2H])c(C#N)c([2H])c3)nc([2H])c2[2H])c(C)c1. The number of hydrogen-bond donors (Lipinski definition) is 2. The molecule has 28 heavy (non-hydrogen) atoms. The minimum absolute atomic E-state index is 0.0344. The molecular formula is C22H18N6. The zero-order chi connectivity index (χ0) is 25.2. The van der Waals surface area contributed by atoms with Crippen LogP contribution in [0.2, 0.25) is 0 Å². The van der Waals surface area contributed by atoms with Crippen LogP contribution in [0.15, 0.2) is 54.6 Å². The van der Waals surface area contributed by atoms with Gasteiger partial charge in [-0.3, -0.25) is 0 Å². The van der Waals surface area contributed by atoms with Gasteiger partial charge >= 0.3 is 0 Å². The van der Waals surface area contributed by atoms with Crippen molar-refractivity contribution in [1.82, 2.24) is 9.97 Å². The van der Waals surface area contributed by atoms with E-state index in [-0.39, 0.29) is 53.4 Å². The molecule has 1 heterocycles. The quantitative estimate of drug-likeness (QED) is 0.612. The molecule has 0 amide bonds. The predicted molar refractivity (Wildman–Crippen MR) is 110 cm³/mol. The molecule has 2 N–H and O–H groups in total. The van der Waals surface area contributed by atoms with Gasteiger partial charge in [0.1, 0.15) is 5.82 Å². The molecule has 0 saturated carbocycles. The number of nitrogens with zero attached hydrogens (tertiary/aromatic N) is 4. The lowest BCUT2D eigenvalue weighted by Gasteiger charge is -2.14. The first kappa shape index (κ1) is 12.3. The van der Waals surface area contributed by atoms with Gasteiger partial charge in [0, 0.05) is 23.6 Å². The summed E-state index contributed by atoms with van der Waals surface area (Å²) in [5, 5.41) is 23.7. The molecule has 0 bridgehead atoms. The molecule has 0 saturated heterocycles. The largest absolute Gasteiger partial charge is 0.340 e. The van der Waals surface area contributed by atoms with E-state index in [9.17, 15) is 0 Å². The van der Waals surface area contributed by atoms with Crippen LogP contribution in [-0.4, -0.2) is 9.97 Å². The van der Waals surface area contributed by atoms with Crippen molar-refractivity contribution < 1.29 is 8.22 Å². The Morgan fingerprint density at radius 2 is 1.82 bits per heavy atom. The summed E-state index contributed by atoms with van der Waals surface area (Å²) in [4.78, 5) is 8.19. The van der Waals surface area contributed by atoms with E-state index in [0.29, 0.717) is 22.4 Å². The summed E-state index contributed by atoms with van der Waals surface area (Å²) in [7, 11) is 0. The normalized spacial score (nSPS) is 14.0. The molecule has 1 aromatic heterocycles. The molecule has 0 aliphatic heterocycles. The second kappa shape index (κ2) is 8.48. The van der Waals surface area contributed by atoms with Gasteiger partial charge in [-0.15, -0.1) is 0 Å². The van der Waals surface area contributed by atoms with Crippen LogP contribution in [0.25, 0.3) is 6.05 Å². The van der Waals surface area contributed by atoms with Crippen LogP contribution in [0.1, 0.15) is 30.5 Å². The Balaban J connectivity index is 1.98. The average molecular weight is 372 g/mol. The monoisotopic (exact) mass is 372 g/mol. The Morgan fingerprint density at radius 1 is 1.11 bits per heavy atom. The zero-order valence-corrected chi connectivity index (χ0v) is 15.1. The fraction of sp³-hybridized carbons (Fsp3) is 0.0909. The zero-order valence-electron chi connectivity index (χ0n) is 21.1. The summed E-state index contributed by atoms with van der Waals surface area (Å²) < 4.78 is 47.5. The van der Waals surface area contributed by atoms with Crippen molar-refractivity contribution in [3.05, 3.63) is 76.9 Å². The number of aryl methyl sites for hydroxylation is 2. The molecule has 6 heteroatoms. The number of allylic oxidation sites excluding steroid dienone is 1. The van der Waals surface area contributed by atoms with E-state index in [4.69, 9.17) is 18.7 Å². The number of nitriles is 2. The third-order valence-electron chi connectivity index (χ3n) is 3.70. The van der Waals surface area contributed by atoms with Crippen LogP contribution < -0.4 is 10.6 Å². The minimum atomic E-state index is -0.451. The van der Waals surface area contributed by atoms with Crippen molar-refractivity contribution in [1.29, 1.82) is 10.5 Å². The molecule has 3 aromatic rings. The van der Waals surface area contributed by atoms with Crippen LogP contribution >= 0.6 is 0 Å². The summed E-state index contributed by atoms with van der Waals surface area (Å²) in [6, 6.07) is 8.21. The summed E-state index contributed by atoms with van der Waals surface area (Å²) in [5.74, 6) is -0.00434. The average Bonchev–Trinajstić information content (AvgIpc) is 2.77. The van der Waals surface area contributed by atoms with Crippen LogP contribution in [0.4, 0.5) is 23.1 Å². The molecular weight excluding hydrogens is 348 g/mol. The van der Waals surface area contributed by atoms with Gasteiger partial charge < -0.3 is 10.6 Å². The van der Waals surface area contributed by atoms with E-state index in [0.717, 1.165) is 0 Å². The molecule has 0 fully saturated rings. The second-order valence-corrected chi connectivity index (χ2v) is 5.75. The highest BCUT2D eigenvalue weighted by Gasteiger charge is 2.07. The van der Waals surface area contributed by atoms with E-state index < -0.39 is 6.05 Å². The van der Waals surface area contributed by atoms with Crippen molar-refractivity contribution >= 4 is 29.2 Å². The molecule has 6 nitrogen and oxygen atoms in total. The minimum Gasteiger partial charge on any atom is -0.340 e. The number of anilines is 4. The highest BCUT2D eigenvalue weighted by Crippen LogP contribution is 2.26. The summed E-state index contributed by atoms with van der Waals surface area (Å²) in [6.07, 6.45) is -0.359. The molecule has 0 unspecified atom stereocenters. The first-order valence-electron chi connectivity index (χ1n) is 11.2. The van der Waals surface area contributed by atoms with Crippen molar-refractivity contribution in [2.45, 2.75) is 13.8 Å². The smallest absolute Gasteiger partial charge is 0.229 e. The lowest BCUT2D eigenvalue weighted by molar-refractivity contribution is 1.16.